The van der Waals surface area contributed by atoms with E-state index >= 15 is 0 Å². The molecule has 0 saturated carbocycles. The van der Waals surface area contributed by atoms with Gasteiger partial charge in [-0.2, -0.15) is 0 Å². The van der Waals surface area contributed by atoms with E-state index < -0.39 is 47.8 Å². The van der Waals surface area contributed by atoms with E-state index in [4.69, 9.17) is 56.8 Å². The summed E-state index contributed by atoms with van der Waals surface area (Å²) < 4.78 is 67.8. The lowest BCUT2D eigenvalue weighted by atomic mass is 10.0. The Balaban J connectivity index is 1.05. The van der Waals surface area contributed by atoms with Gasteiger partial charge in [0, 0.05) is 24.3 Å². The third kappa shape index (κ3) is 35.3. The Morgan fingerprint density at radius 1 is 0.234 bits per heavy atom. The third-order valence-electron chi connectivity index (χ3n) is 17.0. The molecule has 0 aromatic heterocycles. The smallest absolute Gasteiger partial charge is 0.343 e. The zero-order valence-corrected chi connectivity index (χ0v) is 61.8. The van der Waals surface area contributed by atoms with Crippen LogP contribution in [-0.4, -0.2) is 101 Å². The second-order valence-electron chi connectivity index (χ2n) is 25.4. The van der Waals surface area contributed by atoms with Crippen molar-refractivity contribution in [3.63, 3.8) is 0 Å². The second-order valence-corrected chi connectivity index (χ2v) is 25.4. The molecule has 20 heteroatoms. The van der Waals surface area contributed by atoms with Crippen LogP contribution in [0.1, 0.15) is 213 Å². The molecular weight excluding hydrogens is 1360 g/mol. The Kier molecular flexibility index (Phi) is 40.9. The lowest BCUT2D eigenvalue weighted by molar-refractivity contribution is -0.138. The molecule has 6 aromatic rings. The zero-order chi connectivity index (χ0) is 76.3. The fourth-order valence-corrected chi connectivity index (χ4v) is 11.0. The van der Waals surface area contributed by atoms with Crippen molar-refractivity contribution in [2.24, 2.45) is 0 Å². The summed E-state index contributed by atoms with van der Waals surface area (Å²) in [4.78, 5) is 99.7. The summed E-state index contributed by atoms with van der Waals surface area (Å²) in [5, 5.41) is 0. The Morgan fingerprint density at radius 2 is 0.439 bits per heavy atom. The normalized spacial score (nSPS) is 10.7. The van der Waals surface area contributed by atoms with E-state index in [0.717, 1.165) is 172 Å². The maximum atomic E-state index is 13.8. The second kappa shape index (κ2) is 51.4. The van der Waals surface area contributed by atoms with Crippen molar-refractivity contribution >= 4 is 47.8 Å². The molecule has 20 nitrogen and oxygen atoms in total. The van der Waals surface area contributed by atoms with Crippen LogP contribution in [0.5, 0.6) is 46.0 Å². The van der Waals surface area contributed by atoms with Crippen molar-refractivity contribution < 1.29 is 95.2 Å². The molecule has 6 rings (SSSR count). The van der Waals surface area contributed by atoms with E-state index in [1.165, 1.54) is 0 Å². The summed E-state index contributed by atoms with van der Waals surface area (Å²) in [5.74, 6) is -0.320. The van der Waals surface area contributed by atoms with Crippen LogP contribution in [-0.2, 0) is 51.0 Å². The van der Waals surface area contributed by atoms with Gasteiger partial charge in [-0.05, 0) is 222 Å². The Labute approximate surface area is 629 Å². The van der Waals surface area contributed by atoms with Crippen LogP contribution in [0.15, 0.2) is 184 Å². The number of unbranched alkanes of at least 4 members (excludes halogenated alkanes) is 20. The van der Waals surface area contributed by atoms with Crippen LogP contribution in [0.3, 0.4) is 0 Å². The van der Waals surface area contributed by atoms with Gasteiger partial charge in [0.1, 0.15) is 46.0 Å². The summed E-state index contributed by atoms with van der Waals surface area (Å²) in [6, 6.07) is 36.9. The van der Waals surface area contributed by atoms with E-state index in [2.05, 4.69) is 26.3 Å². The Hall–Kier alpha value is -10.8. The number of hydrogen-bond donors (Lipinski definition) is 0. The molecule has 0 radical (unpaired) electrons. The molecule has 6 aromatic carbocycles. The van der Waals surface area contributed by atoms with Crippen LogP contribution in [0.4, 0.5) is 0 Å². The average Bonchev–Trinajstić information content (AvgIpc) is 0.841. The minimum Gasteiger partial charge on any atom is -0.494 e. The van der Waals surface area contributed by atoms with E-state index in [1.807, 2.05) is 0 Å². The number of aryl methyl sites for hydroxylation is 2. The summed E-state index contributed by atoms with van der Waals surface area (Å²) in [6.45, 7) is 17.1. The van der Waals surface area contributed by atoms with Crippen LogP contribution < -0.4 is 37.9 Å². The van der Waals surface area contributed by atoms with Crippen LogP contribution in [0, 0.1) is 0 Å². The summed E-state index contributed by atoms with van der Waals surface area (Å²) >= 11 is 0. The van der Waals surface area contributed by atoms with Crippen molar-refractivity contribution in [1.29, 1.82) is 0 Å². The van der Waals surface area contributed by atoms with E-state index in [9.17, 15) is 38.4 Å². The molecule has 0 N–H and O–H groups in total. The first kappa shape index (κ1) is 85.2. The fraction of sp³-hybridized carbons (Fsp3) is 0.402. The van der Waals surface area contributed by atoms with Gasteiger partial charge < -0.3 is 56.8 Å². The first-order chi connectivity index (χ1) is 52.2. The average molecular weight is 1470 g/mol. The molecule has 0 aliphatic rings. The fourth-order valence-electron chi connectivity index (χ4n) is 11.0. The van der Waals surface area contributed by atoms with Gasteiger partial charge >= 0.3 is 47.8 Å². The van der Waals surface area contributed by atoms with E-state index in [1.54, 1.807) is 133 Å². The van der Waals surface area contributed by atoms with Gasteiger partial charge in [-0.1, -0.05) is 123 Å². The predicted octanol–water partition coefficient (Wildman–Crippen LogP) is 18.5. The molecule has 0 spiro atoms. The summed E-state index contributed by atoms with van der Waals surface area (Å²) in [5.41, 5.74) is 2.61. The minimum atomic E-state index is -0.576. The number of carbonyl (C=O) groups excluding carboxylic acids is 8. The standard InChI is InChI=1S/C87H104O20/c1-5-80(88)100-60-30-20-10-16-26-56-96-72-44-36-66(37-45-72)84(92)104-76-52-54-78(106-86(94)68-40-48-74(49-41-68)98-58-28-18-12-22-32-62-102-82(90)7-3)70(64-76)34-24-14-9-15-25-35-71-65-77(105-85(93)67-38-46-73(47-39-67)97-57-27-17-11-21-31-61-101-81(89)6-2)53-55-79(71)107-87(95)69-42-50-75(51-43-69)99-59-29-19-13-23-33-63-103-83(91)8-4/h5-8,36-55,64-65H,1-4,9-35,56-63H2. The van der Waals surface area contributed by atoms with Crippen molar-refractivity contribution in [3.8, 4) is 46.0 Å². The van der Waals surface area contributed by atoms with Crippen LogP contribution in [0.2, 0.25) is 0 Å². The van der Waals surface area contributed by atoms with Crippen LogP contribution >= 0.6 is 0 Å². The molecule has 0 saturated heterocycles. The summed E-state index contributed by atoms with van der Waals surface area (Å²) in [7, 11) is 0. The van der Waals surface area contributed by atoms with Gasteiger partial charge in [0.15, 0.2) is 0 Å². The number of carbonyl (C=O) groups is 8. The molecule has 0 unspecified atom stereocenters. The number of hydrogen-bond acceptors (Lipinski definition) is 20. The molecule has 572 valence electrons. The topological polar surface area (TPSA) is 247 Å². The van der Waals surface area contributed by atoms with Gasteiger partial charge in [-0.3, -0.25) is 0 Å². The lowest BCUT2D eigenvalue weighted by Crippen LogP contribution is -2.11. The Bertz CT molecular complexity index is 3480. The van der Waals surface area contributed by atoms with Gasteiger partial charge in [0.25, 0.3) is 0 Å². The van der Waals surface area contributed by atoms with Crippen LogP contribution in [0.25, 0.3) is 0 Å². The number of ether oxygens (including phenoxy) is 12. The number of esters is 8. The molecule has 0 atom stereocenters. The van der Waals surface area contributed by atoms with E-state index in [-0.39, 0.29) is 11.5 Å². The molecule has 0 aliphatic heterocycles. The molecule has 0 heterocycles. The first-order valence-electron chi connectivity index (χ1n) is 37.5. The maximum Gasteiger partial charge on any atom is 0.343 e. The molecule has 0 bridgehead atoms. The lowest BCUT2D eigenvalue weighted by Gasteiger charge is -2.14. The highest BCUT2D eigenvalue weighted by atomic mass is 16.6. The highest BCUT2D eigenvalue weighted by Gasteiger charge is 2.19. The number of rotatable bonds is 56. The summed E-state index contributed by atoms with van der Waals surface area (Å²) in [6.07, 6.45) is 27.3. The van der Waals surface area contributed by atoms with E-state index in [0.29, 0.717) is 146 Å². The van der Waals surface area contributed by atoms with Gasteiger partial charge in [-0.25, -0.2) is 38.4 Å². The molecule has 0 aliphatic carbocycles. The van der Waals surface area contributed by atoms with Crippen molar-refractivity contribution in [2.75, 3.05) is 52.9 Å². The highest BCUT2D eigenvalue weighted by Crippen LogP contribution is 2.31. The molecular formula is C87H104O20. The minimum absolute atomic E-state index is 0.272. The van der Waals surface area contributed by atoms with Crippen molar-refractivity contribution in [3.05, 3.63) is 217 Å². The molecule has 107 heavy (non-hydrogen) atoms. The van der Waals surface area contributed by atoms with Gasteiger partial charge in [0.05, 0.1) is 75.1 Å². The highest BCUT2D eigenvalue weighted by molar-refractivity contribution is 5.94. The quantitative estimate of drug-likeness (QED) is 0.0113. The zero-order valence-electron chi connectivity index (χ0n) is 61.8. The largest absolute Gasteiger partial charge is 0.494 e. The molecule has 0 fully saturated rings. The van der Waals surface area contributed by atoms with Gasteiger partial charge in [-0.15, -0.1) is 0 Å². The van der Waals surface area contributed by atoms with Gasteiger partial charge in [0.2, 0.25) is 0 Å². The Morgan fingerprint density at radius 3 is 0.682 bits per heavy atom. The SMILES string of the molecule is C=CC(=O)OCCCCCCCOc1ccc(C(=O)Oc2ccc(OC(=O)c3ccc(OCCCCCCCOC(=O)C=C)cc3)c(CCCCCCCc3cc(OC(=O)c4ccc(OCCCCCCCOC(=O)C=C)cc4)ccc3OC(=O)c3ccc(OCCCCCCCOC(=O)C=C)cc3)c2)cc1. The van der Waals surface area contributed by atoms with Crippen molar-refractivity contribution in [1.82, 2.24) is 0 Å². The maximum absolute atomic E-state index is 13.8. The molecule has 0 amide bonds. The first-order valence-corrected chi connectivity index (χ1v) is 37.5. The monoisotopic (exact) mass is 1470 g/mol. The predicted molar refractivity (Wildman–Crippen MR) is 408 cm³/mol. The third-order valence-corrected chi connectivity index (χ3v) is 17.0. The van der Waals surface area contributed by atoms with Crippen molar-refractivity contribution in [2.45, 2.75) is 173 Å². The number of benzene rings is 6.